The van der Waals surface area contributed by atoms with E-state index in [-0.39, 0.29) is 12.1 Å². The minimum absolute atomic E-state index is 0.204. The average molecular weight is 264 g/mol. The number of alkyl carbamates (subject to hydrolysis) is 1. The lowest BCUT2D eigenvalue weighted by molar-refractivity contribution is 0.0523. The van der Waals surface area contributed by atoms with Crippen LogP contribution in [-0.2, 0) is 11.3 Å². The first kappa shape index (κ1) is 13.1. The Hall–Kier alpha value is -2.31. The summed E-state index contributed by atoms with van der Waals surface area (Å²) >= 11 is 0. The molecule has 2 aromatic heterocycles. The van der Waals surface area contributed by atoms with Crippen molar-refractivity contribution in [1.29, 1.82) is 0 Å². The summed E-state index contributed by atoms with van der Waals surface area (Å²) in [5.74, 6) is 0. The second-order valence-electron chi connectivity index (χ2n) is 5.11. The fourth-order valence-corrected chi connectivity index (χ4v) is 1.55. The number of nitrogens with zero attached hydrogens (tertiary/aromatic N) is 2. The van der Waals surface area contributed by atoms with E-state index in [1.165, 1.54) is 10.7 Å². The topological polar surface area (TPSA) is 88.5 Å². The van der Waals surface area contributed by atoms with Crippen molar-refractivity contribution in [2.24, 2.45) is 0 Å². The van der Waals surface area contributed by atoms with Crippen LogP contribution in [-0.4, -0.2) is 26.3 Å². The maximum atomic E-state index is 11.5. The monoisotopic (exact) mass is 264 g/mol. The number of hydrogen-bond donors (Lipinski definition) is 2. The van der Waals surface area contributed by atoms with Crippen LogP contribution in [0, 0.1) is 0 Å². The van der Waals surface area contributed by atoms with Crippen molar-refractivity contribution in [2.75, 3.05) is 0 Å². The molecule has 2 heterocycles. The molecule has 0 unspecified atom stereocenters. The smallest absolute Gasteiger partial charge is 0.407 e. The van der Waals surface area contributed by atoms with Gasteiger partial charge in [-0.15, -0.1) is 0 Å². The molecule has 0 fully saturated rings. The van der Waals surface area contributed by atoms with Crippen LogP contribution in [0.15, 0.2) is 23.3 Å². The van der Waals surface area contributed by atoms with E-state index in [9.17, 15) is 9.59 Å². The summed E-state index contributed by atoms with van der Waals surface area (Å²) in [5, 5.41) is 6.76. The Balaban J connectivity index is 2.04. The summed E-state index contributed by atoms with van der Waals surface area (Å²) in [7, 11) is 0. The van der Waals surface area contributed by atoms with E-state index < -0.39 is 11.7 Å². The fraction of sp³-hybridized carbons (Fsp3) is 0.417. The minimum atomic E-state index is -0.542. The number of H-pyrrole nitrogens is 1. The quantitative estimate of drug-likeness (QED) is 0.848. The van der Waals surface area contributed by atoms with Gasteiger partial charge in [-0.2, -0.15) is 5.10 Å². The third-order valence-corrected chi connectivity index (χ3v) is 2.26. The largest absolute Gasteiger partial charge is 0.444 e. The molecule has 0 saturated carbocycles. The molecule has 0 atom stereocenters. The van der Waals surface area contributed by atoms with Gasteiger partial charge in [-0.05, 0) is 26.8 Å². The molecule has 19 heavy (non-hydrogen) atoms. The summed E-state index contributed by atoms with van der Waals surface area (Å²) in [6.07, 6.45) is 2.62. The SMILES string of the molecule is CC(C)(C)OC(=O)NCc1cc2c(=O)[nH]ccn2n1. The second-order valence-corrected chi connectivity index (χ2v) is 5.11. The van der Waals surface area contributed by atoms with E-state index in [0.717, 1.165) is 0 Å². The highest BCUT2D eigenvalue weighted by Gasteiger charge is 2.16. The zero-order valence-corrected chi connectivity index (χ0v) is 11.1. The van der Waals surface area contributed by atoms with Crippen molar-refractivity contribution in [2.45, 2.75) is 32.9 Å². The molecule has 102 valence electrons. The van der Waals surface area contributed by atoms with E-state index in [2.05, 4.69) is 15.4 Å². The molecule has 0 bridgehead atoms. The van der Waals surface area contributed by atoms with Gasteiger partial charge in [0.1, 0.15) is 11.1 Å². The fourth-order valence-electron chi connectivity index (χ4n) is 1.55. The Morgan fingerprint density at radius 1 is 1.53 bits per heavy atom. The maximum Gasteiger partial charge on any atom is 0.407 e. The second kappa shape index (κ2) is 4.75. The molecule has 2 aromatic rings. The maximum absolute atomic E-state index is 11.5. The number of hydrogen-bond acceptors (Lipinski definition) is 4. The lowest BCUT2D eigenvalue weighted by Gasteiger charge is -2.19. The predicted molar refractivity (Wildman–Crippen MR) is 68.9 cm³/mol. The number of amides is 1. The van der Waals surface area contributed by atoms with E-state index in [0.29, 0.717) is 11.2 Å². The molecular weight excluding hydrogens is 248 g/mol. The zero-order chi connectivity index (χ0) is 14.0. The van der Waals surface area contributed by atoms with Crippen LogP contribution in [0.5, 0.6) is 0 Å². The Kier molecular flexibility index (Phi) is 3.28. The molecule has 0 saturated heterocycles. The molecular formula is C12H16N4O3. The average Bonchev–Trinajstić information content (AvgIpc) is 2.68. The van der Waals surface area contributed by atoms with E-state index in [1.807, 2.05) is 0 Å². The third kappa shape index (κ3) is 3.34. The van der Waals surface area contributed by atoms with Crippen LogP contribution in [0.3, 0.4) is 0 Å². The summed E-state index contributed by atoms with van der Waals surface area (Å²) in [4.78, 5) is 25.5. The highest BCUT2D eigenvalue weighted by atomic mass is 16.6. The van der Waals surface area contributed by atoms with Crippen LogP contribution >= 0.6 is 0 Å². The lowest BCUT2D eigenvalue weighted by Crippen LogP contribution is -2.32. The summed E-state index contributed by atoms with van der Waals surface area (Å²) < 4.78 is 6.57. The van der Waals surface area contributed by atoms with Gasteiger partial charge in [0.05, 0.1) is 12.2 Å². The molecule has 0 radical (unpaired) electrons. The Bertz CT molecular complexity index is 651. The molecule has 2 N–H and O–H groups in total. The summed E-state index contributed by atoms with van der Waals surface area (Å²) in [6, 6.07) is 1.62. The third-order valence-electron chi connectivity index (χ3n) is 2.26. The van der Waals surface area contributed by atoms with Crippen molar-refractivity contribution in [3.05, 3.63) is 34.5 Å². The van der Waals surface area contributed by atoms with Gasteiger partial charge in [0.2, 0.25) is 0 Å². The van der Waals surface area contributed by atoms with Gasteiger partial charge in [0, 0.05) is 12.4 Å². The molecule has 7 nitrogen and oxygen atoms in total. The normalized spacial score (nSPS) is 11.5. The molecule has 7 heteroatoms. The van der Waals surface area contributed by atoms with E-state index >= 15 is 0 Å². The zero-order valence-electron chi connectivity index (χ0n) is 11.1. The van der Waals surface area contributed by atoms with Crippen LogP contribution in [0.2, 0.25) is 0 Å². The highest BCUT2D eigenvalue weighted by molar-refractivity contribution is 5.67. The first-order chi connectivity index (χ1) is 8.85. The van der Waals surface area contributed by atoms with Crippen molar-refractivity contribution >= 4 is 11.6 Å². The van der Waals surface area contributed by atoms with E-state index in [4.69, 9.17) is 4.74 Å². The first-order valence-electron chi connectivity index (χ1n) is 5.88. The number of fused-ring (bicyclic) bond motifs is 1. The molecule has 2 rings (SSSR count). The number of nitrogens with one attached hydrogen (secondary N) is 2. The molecule has 0 spiro atoms. The van der Waals surface area contributed by atoms with Gasteiger partial charge >= 0.3 is 6.09 Å². The van der Waals surface area contributed by atoms with Gasteiger partial charge in [0.15, 0.2) is 0 Å². The molecule has 0 aliphatic rings. The number of aromatic nitrogens is 3. The van der Waals surface area contributed by atoms with Crippen LogP contribution in [0.1, 0.15) is 26.5 Å². The molecule has 1 amide bonds. The van der Waals surface area contributed by atoms with Gasteiger partial charge < -0.3 is 15.0 Å². The summed E-state index contributed by atoms with van der Waals surface area (Å²) in [6.45, 7) is 5.57. The Labute approximate surface area is 109 Å². The van der Waals surface area contributed by atoms with Gasteiger partial charge in [-0.25, -0.2) is 9.31 Å². The Morgan fingerprint density at radius 3 is 2.89 bits per heavy atom. The molecule has 0 aliphatic carbocycles. The van der Waals surface area contributed by atoms with Crippen molar-refractivity contribution in [3.63, 3.8) is 0 Å². The van der Waals surface area contributed by atoms with Crippen molar-refractivity contribution in [1.82, 2.24) is 19.9 Å². The van der Waals surface area contributed by atoms with Crippen molar-refractivity contribution in [3.8, 4) is 0 Å². The Morgan fingerprint density at radius 2 is 2.26 bits per heavy atom. The molecule has 0 aliphatic heterocycles. The molecule has 0 aromatic carbocycles. The van der Waals surface area contributed by atoms with Gasteiger partial charge in [-0.3, -0.25) is 4.79 Å². The number of carbonyl (C=O) groups is 1. The first-order valence-corrected chi connectivity index (χ1v) is 5.88. The van der Waals surface area contributed by atoms with Crippen LogP contribution in [0.4, 0.5) is 4.79 Å². The van der Waals surface area contributed by atoms with Crippen LogP contribution in [0.25, 0.3) is 5.52 Å². The standard InChI is InChI=1S/C12H16N4O3/c1-12(2,3)19-11(18)14-7-8-6-9-10(17)13-4-5-16(9)15-8/h4-6H,7H2,1-3H3,(H,13,17)(H,14,18). The summed E-state index contributed by atoms with van der Waals surface area (Å²) in [5.41, 5.74) is 0.254. The van der Waals surface area contributed by atoms with E-state index in [1.54, 1.807) is 33.0 Å². The number of ether oxygens (including phenoxy) is 1. The van der Waals surface area contributed by atoms with Gasteiger partial charge in [0.25, 0.3) is 5.56 Å². The highest BCUT2D eigenvalue weighted by Crippen LogP contribution is 2.07. The minimum Gasteiger partial charge on any atom is -0.444 e. The van der Waals surface area contributed by atoms with Crippen LogP contribution < -0.4 is 10.9 Å². The van der Waals surface area contributed by atoms with Gasteiger partial charge in [-0.1, -0.05) is 0 Å². The lowest BCUT2D eigenvalue weighted by atomic mass is 10.2. The van der Waals surface area contributed by atoms with Crippen molar-refractivity contribution < 1.29 is 9.53 Å². The number of carbonyl (C=O) groups excluding carboxylic acids is 1. The number of aromatic amines is 1. The number of rotatable bonds is 2. The predicted octanol–water partition coefficient (Wildman–Crippen LogP) is 1.05.